The Hall–Kier alpha value is -1.88. The summed E-state index contributed by atoms with van der Waals surface area (Å²) < 4.78 is 0. The maximum atomic E-state index is 11.9. The van der Waals surface area contributed by atoms with E-state index in [1.807, 2.05) is 18.9 Å². The molecule has 5 heteroatoms. The Morgan fingerprint density at radius 1 is 1.21 bits per heavy atom. The summed E-state index contributed by atoms with van der Waals surface area (Å²) in [7, 11) is 5.22. The number of carbonyl (C=O) groups is 2. The van der Waals surface area contributed by atoms with E-state index in [1.54, 1.807) is 38.4 Å². The predicted octanol–water partition coefficient (Wildman–Crippen LogP) is 1.29. The van der Waals surface area contributed by atoms with Crippen LogP contribution in [0, 0.1) is 0 Å². The van der Waals surface area contributed by atoms with Crippen LogP contribution in [0.15, 0.2) is 24.3 Å². The number of carboxylic acids is 1. The molecule has 0 unspecified atom stereocenters. The molecule has 0 spiro atoms. The van der Waals surface area contributed by atoms with Gasteiger partial charge >= 0.3 is 5.97 Å². The third kappa shape index (κ3) is 3.79. The summed E-state index contributed by atoms with van der Waals surface area (Å²) in [6.45, 7) is 2.23. The standard InChI is InChI=1S/C14H20N2O3/c1-10(13(17)15(2)3)16(4)9-11-7-5-6-8-12(11)14(18)19/h5-8,10H,9H2,1-4H3,(H,18,19)/t10-/m1/s1. The molecule has 0 aromatic heterocycles. The fourth-order valence-corrected chi connectivity index (χ4v) is 1.83. The molecule has 0 bridgehead atoms. The maximum absolute atomic E-state index is 11.9. The Kier molecular flexibility index (Phi) is 5.06. The quantitative estimate of drug-likeness (QED) is 0.870. The van der Waals surface area contributed by atoms with E-state index in [4.69, 9.17) is 5.11 Å². The van der Waals surface area contributed by atoms with Gasteiger partial charge in [0.1, 0.15) is 0 Å². The average molecular weight is 264 g/mol. The monoisotopic (exact) mass is 264 g/mol. The second kappa shape index (κ2) is 6.33. The van der Waals surface area contributed by atoms with E-state index in [2.05, 4.69) is 0 Å². The molecule has 0 aliphatic heterocycles. The lowest BCUT2D eigenvalue weighted by Crippen LogP contribution is -2.42. The zero-order chi connectivity index (χ0) is 14.6. The number of likely N-dealkylation sites (N-methyl/N-ethyl adjacent to an activating group) is 2. The molecule has 0 fully saturated rings. The number of benzene rings is 1. The normalized spacial score (nSPS) is 12.3. The lowest BCUT2D eigenvalue weighted by atomic mass is 10.1. The summed E-state index contributed by atoms with van der Waals surface area (Å²) in [6, 6.07) is 6.54. The van der Waals surface area contributed by atoms with Gasteiger partial charge in [-0.25, -0.2) is 4.79 Å². The van der Waals surface area contributed by atoms with E-state index in [0.717, 1.165) is 0 Å². The molecule has 1 aromatic rings. The number of rotatable bonds is 5. The third-order valence-corrected chi connectivity index (χ3v) is 3.13. The molecule has 19 heavy (non-hydrogen) atoms. The summed E-state index contributed by atoms with van der Waals surface area (Å²) in [5.41, 5.74) is 0.981. The second-order valence-corrected chi connectivity index (χ2v) is 4.79. The van der Waals surface area contributed by atoms with Crippen molar-refractivity contribution in [2.45, 2.75) is 19.5 Å². The van der Waals surface area contributed by atoms with Gasteiger partial charge in [0.05, 0.1) is 11.6 Å². The van der Waals surface area contributed by atoms with Crippen molar-refractivity contribution in [2.24, 2.45) is 0 Å². The minimum atomic E-state index is -0.949. The molecule has 1 amide bonds. The fourth-order valence-electron chi connectivity index (χ4n) is 1.83. The van der Waals surface area contributed by atoms with Gasteiger partial charge in [0, 0.05) is 20.6 Å². The first-order valence-corrected chi connectivity index (χ1v) is 6.07. The molecular formula is C14H20N2O3. The third-order valence-electron chi connectivity index (χ3n) is 3.13. The predicted molar refractivity (Wildman–Crippen MR) is 73.0 cm³/mol. The first-order chi connectivity index (χ1) is 8.84. The Labute approximate surface area is 113 Å². The van der Waals surface area contributed by atoms with Crippen molar-refractivity contribution in [3.63, 3.8) is 0 Å². The van der Waals surface area contributed by atoms with E-state index in [1.165, 1.54) is 4.90 Å². The lowest BCUT2D eigenvalue weighted by molar-refractivity contribution is -0.133. The van der Waals surface area contributed by atoms with Gasteiger partial charge in [0.2, 0.25) is 5.91 Å². The minimum Gasteiger partial charge on any atom is -0.478 e. The molecule has 1 rings (SSSR count). The maximum Gasteiger partial charge on any atom is 0.336 e. The Balaban J connectivity index is 2.85. The van der Waals surface area contributed by atoms with Gasteiger partial charge in [-0.05, 0) is 25.6 Å². The summed E-state index contributed by atoms with van der Waals surface area (Å²) in [6.07, 6.45) is 0. The van der Waals surface area contributed by atoms with Crippen molar-refractivity contribution in [2.75, 3.05) is 21.1 Å². The first-order valence-electron chi connectivity index (χ1n) is 6.07. The van der Waals surface area contributed by atoms with Gasteiger partial charge in [0.15, 0.2) is 0 Å². The highest BCUT2D eigenvalue weighted by Gasteiger charge is 2.21. The molecule has 1 N–H and O–H groups in total. The van der Waals surface area contributed by atoms with Crippen LogP contribution in [0.25, 0.3) is 0 Å². The molecule has 1 atom stereocenters. The Morgan fingerprint density at radius 3 is 2.32 bits per heavy atom. The van der Waals surface area contributed by atoms with E-state index in [0.29, 0.717) is 12.1 Å². The highest BCUT2D eigenvalue weighted by molar-refractivity contribution is 5.89. The van der Waals surface area contributed by atoms with Crippen molar-refractivity contribution in [1.82, 2.24) is 9.80 Å². The topological polar surface area (TPSA) is 60.9 Å². The van der Waals surface area contributed by atoms with Crippen LogP contribution in [0.1, 0.15) is 22.8 Å². The number of aromatic carboxylic acids is 1. The van der Waals surface area contributed by atoms with Crippen LogP contribution in [0.3, 0.4) is 0 Å². The van der Waals surface area contributed by atoms with Crippen LogP contribution in [-0.2, 0) is 11.3 Å². The molecule has 5 nitrogen and oxygen atoms in total. The average Bonchev–Trinajstić information content (AvgIpc) is 2.37. The Morgan fingerprint density at radius 2 is 1.79 bits per heavy atom. The van der Waals surface area contributed by atoms with Gasteiger partial charge in [-0.1, -0.05) is 18.2 Å². The van der Waals surface area contributed by atoms with Crippen LogP contribution in [0.5, 0.6) is 0 Å². The van der Waals surface area contributed by atoms with Crippen molar-refractivity contribution in [1.29, 1.82) is 0 Å². The van der Waals surface area contributed by atoms with Gasteiger partial charge in [-0.3, -0.25) is 9.69 Å². The Bertz CT molecular complexity index is 472. The van der Waals surface area contributed by atoms with Gasteiger partial charge in [0.25, 0.3) is 0 Å². The number of carboxylic acid groups (broad SMARTS) is 1. The fraction of sp³-hybridized carbons (Fsp3) is 0.429. The van der Waals surface area contributed by atoms with Crippen molar-refractivity contribution >= 4 is 11.9 Å². The number of carbonyl (C=O) groups excluding carboxylic acids is 1. The first kappa shape index (κ1) is 15.2. The van der Waals surface area contributed by atoms with Crippen LogP contribution >= 0.6 is 0 Å². The summed E-state index contributed by atoms with van der Waals surface area (Å²) in [4.78, 5) is 26.4. The molecule has 1 aromatic carbocycles. The van der Waals surface area contributed by atoms with Crippen molar-refractivity contribution in [3.05, 3.63) is 35.4 Å². The van der Waals surface area contributed by atoms with Crippen LogP contribution in [0.4, 0.5) is 0 Å². The largest absolute Gasteiger partial charge is 0.478 e. The molecule has 0 heterocycles. The SMILES string of the molecule is C[C@H](C(=O)N(C)C)N(C)Cc1ccccc1C(=O)O. The van der Waals surface area contributed by atoms with Crippen molar-refractivity contribution in [3.8, 4) is 0 Å². The molecule has 104 valence electrons. The van der Waals surface area contributed by atoms with Gasteiger partial charge in [-0.2, -0.15) is 0 Å². The van der Waals surface area contributed by atoms with E-state index in [-0.39, 0.29) is 17.5 Å². The molecule has 0 aliphatic carbocycles. The molecule has 0 saturated heterocycles. The number of hydrogen-bond acceptors (Lipinski definition) is 3. The second-order valence-electron chi connectivity index (χ2n) is 4.79. The summed E-state index contributed by atoms with van der Waals surface area (Å²) >= 11 is 0. The number of hydrogen-bond donors (Lipinski definition) is 1. The van der Waals surface area contributed by atoms with Crippen LogP contribution in [0.2, 0.25) is 0 Å². The summed E-state index contributed by atoms with van der Waals surface area (Å²) in [5.74, 6) is -0.953. The highest BCUT2D eigenvalue weighted by atomic mass is 16.4. The van der Waals surface area contributed by atoms with Crippen molar-refractivity contribution < 1.29 is 14.7 Å². The van der Waals surface area contributed by atoms with E-state index < -0.39 is 5.97 Å². The lowest BCUT2D eigenvalue weighted by Gasteiger charge is -2.26. The minimum absolute atomic E-state index is 0.00435. The van der Waals surface area contributed by atoms with Gasteiger partial charge < -0.3 is 10.0 Å². The zero-order valence-corrected chi connectivity index (χ0v) is 11.8. The van der Waals surface area contributed by atoms with Crippen LogP contribution < -0.4 is 0 Å². The molecule has 0 aliphatic rings. The summed E-state index contributed by atoms with van der Waals surface area (Å²) in [5, 5.41) is 9.12. The zero-order valence-electron chi connectivity index (χ0n) is 11.8. The molecule has 0 radical (unpaired) electrons. The molecular weight excluding hydrogens is 244 g/mol. The highest BCUT2D eigenvalue weighted by Crippen LogP contribution is 2.13. The molecule has 0 saturated carbocycles. The van der Waals surface area contributed by atoms with Crippen LogP contribution in [-0.4, -0.2) is 54.0 Å². The number of nitrogens with zero attached hydrogens (tertiary/aromatic N) is 2. The number of amides is 1. The smallest absolute Gasteiger partial charge is 0.336 e. The van der Waals surface area contributed by atoms with Gasteiger partial charge in [-0.15, -0.1) is 0 Å². The van der Waals surface area contributed by atoms with E-state index in [9.17, 15) is 9.59 Å². The van der Waals surface area contributed by atoms with E-state index >= 15 is 0 Å².